The minimum Gasteiger partial charge on any atom is -0.497 e. The van der Waals surface area contributed by atoms with Crippen molar-refractivity contribution in [3.05, 3.63) is 94.5 Å². The predicted molar refractivity (Wildman–Crippen MR) is 105 cm³/mol. The van der Waals surface area contributed by atoms with Gasteiger partial charge in [0.2, 0.25) is 0 Å². The molecule has 0 amide bonds. The van der Waals surface area contributed by atoms with Crippen LogP contribution in [0, 0.1) is 13.8 Å². The number of aryl methyl sites for hydroxylation is 2. The Balaban J connectivity index is 1.82. The van der Waals surface area contributed by atoms with Gasteiger partial charge in [0.05, 0.1) is 7.11 Å². The fraction of sp³-hybridized carbons (Fsp3) is 0.250. The molecule has 1 aliphatic heterocycles. The van der Waals surface area contributed by atoms with Crippen molar-refractivity contribution in [2.45, 2.75) is 32.3 Å². The van der Waals surface area contributed by atoms with Crippen LogP contribution >= 0.6 is 0 Å². The van der Waals surface area contributed by atoms with Crippen molar-refractivity contribution in [2.75, 3.05) is 7.11 Å². The van der Waals surface area contributed by atoms with E-state index in [4.69, 9.17) is 9.47 Å². The van der Waals surface area contributed by atoms with Crippen molar-refractivity contribution < 1.29 is 9.47 Å². The van der Waals surface area contributed by atoms with Crippen molar-refractivity contribution in [3.63, 3.8) is 0 Å². The van der Waals surface area contributed by atoms with Crippen molar-refractivity contribution in [1.82, 2.24) is 0 Å². The summed E-state index contributed by atoms with van der Waals surface area (Å²) < 4.78 is 11.8. The van der Waals surface area contributed by atoms with Crippen LogP contribution in [-0.2, 0) is 0 Å². The topological polar surface area (TPSA) is 18.5 Å². The molecule has 2 heteroatoms. The zero-order chi connectivity index (χ0) is 18.1. The summed E-state index contributed by atoms with van der Waals surface area (Å²) >= 11 is 0. The van der Waals surface area contributed by atoms with Gasteiger partial charge in [-0.05, 0) is 54.7 Å². The highest BCUT2D eigenvalue weighted by Gasteiger charge is 2.32. The second-order valence-corrected chi connectivity index (χ2v) is 7.02. The van der Waals surface area contributed by atoms with Crippen LogP contribution in [0.25, 0.3) is 0 Å². The van der Waals surface area contributed by atoms with Crippen LogP contribution in [0.1, 0.15) is 46.3 Å². The molecular formula is C24H24O2. The average molecular weight is 344 g/mol. The maximum absolute atomic E-state index is 6.50. The van der Waals surface area contributed by atoms with E-state index in [0.717, 1.165) is 17.9 Å². The number of ether oxygens (including phenoxy) is 2. The monoisotopic (exact) mass is 344 g/mol. The molecule has 0 unspecified atom stereocenters. The standard InChI is InChI=1S/C24H24O2/c1-16-9-10-17(2)24-23(16)21(18-11-13-20(25-3)14-12-18)15-22(26-24)19-7-5-4-6-8-19/h4-14,21-22H,15H2,1-3H3/t21-,22+/m1/s1. The van der Waals surface area contributed by atoms with E-state index >= 15 is 0 Å². The van der Waals surface area contributed by atoms with Gasteiger partial charge in [0, 0.05) is 11.5 Å². The van der Waals surface area contributed by atoms with Gasteiger partial charge < -0.3 is 9.47 Å². The quantitative estimate of drug-likeness (QED) is 0.583. The van der Waals surface area contributed by atoms with E-state index in [2.05, 4.69) is 68.4 Å². The van der Waals surface area contributed by atoms with E-state index in [1.54, 1.807) is 7.11 Å². The molecule has 0 aliphatic carbocycles. The van der Waals surface area contributed by atoms with Gasteiger partial charge in [-0.1, -0.05) is 54.6 Å². The molecule has 0 N–H and O–H groups in total. The molecule has 0 aromatic heterocycles. The van der Waals surface area contributed by atoms with Crippen LogP contribution in [0.4, 0.5) is 0 Å². The predicted octanol–water partition coefficient (Wildman–Crippen LogP) is 5.97. The number of rotatable bonds is 3. The Labute approximate surface area is 155 Å². The highest BCUT2D eigenvalue weighted by Crippen LogP contribution is 2.48. The number of methoxy groups -OCH3 is 1. The van der Waals surface area contributed by atoms with E-state index in [0.29, 0.717) is 5.92 Å². The fourth-order valence-corrected chi connectivity index (χ4v) is 3.93. The van der Waals surface area contributed by atoms with E-state index in [1.165, 1.54) is 27.8 Å². The lowest BCUT2D eigenvalue weighted by molar-refractivity contribution is 0.166. The van der Waals surface area contributed by atoms with Crippen LogP contribution in [0.15, 0.2) is 66.7 Å². The molecule has 0 saturated heterocycles. The summed E-state index contributed by atoms with van der Waals surface area (Å²) in [5.74, 6) is 2.25. The number of hydrogen-bond acceptors (Lipinski definition) is 2. The molecule has 2 atom stereocenters. The van der Waals surface area contributed by atoms with Gasteiger partial charge in [-0.15, -0.1) is 0 Å². The third-order valence-electron chi connectivity index (χ3n) is 5.36. The molecule has 1 heterocycles. The zero-order valence-corrected chi connectivity index (χ0v) is 15.5. The molecule has 2 nitrogen and oxygen atoms in total. The third kappa shape index (κ3) is 2.96. The molecule has 0 saturated carbocycles. The smallest absolute Gasteiger partial charge is 0.127 e. The van der Waals surface area contributed by atoms with Crippen molar-refractivity contribution in [3.8, 4) is 11.5 Å². The molecule has 0 radical (unpaired) electrons. The van der Waals surface area contributed by atoms with E-state index < -0.39 is 0 Å². The minimum atomic E-state index is 0.0660. The fourth-order valence-electron chi connectivity index (χ4n) is 3.93. The molecule has 3 aromatic carbocycles. The molecule has 4 rings (SSSR count). The van der Waals surface area contributed by atoms with Crippen molar-refractivity contribution >= 4 is 0 Å². The Kier molecular flexibility index (Phi) is 4.42. The Morgan fingerprint density at radius 3 is 2.19 bits per heavy atom. The molecule has 132 valence electrons. The summed E-state index contributed by atoms with van der Waals surface area (Å²) in [5.41, 5.74) is 6.35. The SMILES string of the molecule is COc1ccc([C@H]2C[C@@H](c3ccccc3)Oc3c(C)ccc(C)c32)cc1. The van der Waals surface area contributed by atoms with Crippen molar-refractivity contribution in [2.24, 2.45) is 0 Å². The molecule has 0 fully saturated rings. The third-order valence-corrected chi connectivity index (χ3v) is 5.36. The lowest BCUT2D eigenvalue weighted by atomic mass is 9.80. The van der Waals surface area contributed by atoms with E-state index in [9.17, 15) is 0 Å². The molecular weight excluding hydrogens is 320 g/mol. The first kappa shape index (κ1) is 16.7. The maximum Gasteiger partial charge on any atom is 0.127 e. The first-order chi connectivity index (χ1) is 12.7. The van der Waals surface area contributed by atoms with Gasteiger partial charge in [-0.2, -0.15) is 0 Å². The Morgan fingerprint density at radius 2 is 1.50 bits per heavy atom. The van der Waals surface area contributed by atoms with Crippen LogP contribution in [0.3, 0.4) is 0 Å². The molecule has 26 heavy (non-hydrogen) atoms. The molecule has 0 bridgehead atoms. The summed E-state index contributed by atoms with van der Waals surface area (Å²) in [4.78, 5) is 0. The number of hydrogen-bond donors (Lipinski definition) is 0. The molecule has 0 spiro atoms. The summed E-state index contributed by atoms with van der Waals surface area (Å²) in [6.45, 7) is 4.32. The first-order valence-electron chi connectivity index (χ1n) is 9.13. The van der Waals surface area contributed by atoms with Gasteiger partial charge in [0.25, 0.3) is 0 Å². The summed E-state index contributed by atoms with van der Waals surface area (Å²) in [7, 11) is 1.71. The molecule has 3 aromatic rings. The number of benzene rings is 3. The van der Waals surface area contributed by atoms with Crippen molar-refractivity contribution in [1.29, 1.82) is 0 Å². The van der Waals surface area contributed by atoms with Gasteiger partial charge in [-0.3, -0.25) is 0 Å². The minimum absolute atomic E-state index is 0.0660. The Hall–Kier alpha value is -2.74. The second-order valence-electron chi connectivity index (χ2n) is 7.02. The van der Waals surface area contributed by atoms with Crippen LogP contribution in [0.5, 0.6) is 11.5 Å². The van der Waals surface area contributed by atoms with Gasteiger partial charge in [0.1, 0.15) is 17.6 Å². The van der Waals surface area contributed by atoms with E-state index in [1.807, 2.05) is 12.1 Å². The second kappa shape index (κ2) is 6.87. The number of fused-ring (bicyclic) bond motifs is 1. The van der Waals surface area contributed by atoms with Crippen LogP contribution < -0.4 is 9.47 Å². The maximum atomic E-state index is 6.50. The Bertz CT molecular complexity index is 897. The average Bonchev–Trinajstić information content (AvgIpc) is 2.71. The first-order valence-corrected chi connectivity index (χ1v) is 9.13. The lowest BCUT2D eigenvalue weighted by Gasteiger charge is -2.35. The van der Waals surface area contributed by atoms with Gasteiger partial charge in [0.15, 0.2) is 0 Å². The summed E-state index contributed by atoms with van der Waals surface area (Å²) in [6.07, 6.45) is 1.00. The summed E-state index contributed by atoms with van der Waals surface area (Å²) in [5, 5.41) is 0. The Morgan fingerprint density at radius 1 is 0.808 bits per heavy atom. The summed E-state index contributed by atoms with van der Waals surface area (Å²) in [6, 6.07) is 23.4. The van der Waals surface area contributed by atoms with Gasteiger partial charge in [-0.25, -0.2) is 0 Å². The lowest BCUT2D eigenvalue weighted by Crippen LogP contribution is -2.21. The molecule has 1 aliphatic rings. The highest BCUT2D eigenvalue weighted by atomic mass is 16.5. The van der Waals surface area contributed by atoms with Crippen LogP contribution in [-0.4, -0.2) is 7.11 Å². The van der Waals surface area contributed by atoms with Crippen LogP contribution in [0.2, 0.25) is 0 Å². The zero-order valence-electron chi connectivity index (χ0n) is 15.5. The van der Waals surface area contributed by atoms with E-state index in [-0.39, 0.29) is 6.10 Å². The normalized spacial score (nSPS) is 18.7. The largest absolute Gasteiger partial charge is 0.497 e. The van der Waals surface area contributed by atoms with Gasteiger partial charge >= 0.3 is 0 Å². The highest BCUT2D eigenvalue weighted by molar-refractivity contribution is 5.53.